The van der Waals surface area contributed by atoms with Crippen molar-refractivity contribution in [3.05, 3.63) is 44.7 Å². The first-order valence-corrected chi connectivity index (χ1v) is 4.56. The van der Waals surface area contributed by atoms with E-state index in [2.05, 4.69) is 4.98 Å². The van der Waals surface area contributed by atoms with E-state index in [0.29, 0.717) is 17.6 Å². The minimum Gasteiger partial charge on any atom is -0.316 e. The van der Waals surface area contributed by atoms with Crippen LogP contribution in [0.15, 0.2) is 27.8 Å². The normalized spacial score (nSPS) is 10.8. The van der Waals surface area contributed by atoms with Crippen molar-refractivity contribution in [2.75, 3.05) is 0 Å². The summed E-state index contributed by atoms with van der Waals surface area (Å²) in [4.78, 5) is 25.0. The number of fused-ring (bicyclic) bond motifs is 1. The molecule has 1 N–H and O–H groups in total. The summed E-state index contributed by atoms with van der Waals surface area (Å²) in [5.74, 6) is -0.445. The lowest BCUT2D eigenvalue weighted by atomic mass is 10.3. The topological polar surface area (TPSA) is 54.9 Å². The molecule has 0 fully saturated rings. The molecule has 0 unspecified atom stereocenters. The predicted molar refractivity (Wildman–Crippen MR) is 54.5 cm³/mol. The van der Waals surface area contributed by atoms with Crippen molar-refractivity contribution in [3.8, 4) is 0 Å². The smallest absolute Gasteiger partial charge is 0.316 e. The molecule has 0 saturated heterocycles. The van der Waals surface area contributed by atoms with E-state index in [1.165, 1.54) is 22.8 Å². The Morgan fingerprint density at radius 1 is 1.40 bits per heavy atom. The Bertz CT molecular complexity index is 627. The van der Waals surface area contributed by atoms with Gasteiger partial charge in [-0.1, -0.05) is 0 Å². The van der Waals surface area contributed by atoms with Gasteiger partial charge in [-0.25, -0.2) is 4.39 Å². The van der Waals surface area contributed by atoms with E-state index in [9.17, 15) is 14.0 Å². The molecule has 0 atom stereocenters. The first kappa shape index (κ1) is 9.64. The largest absolute Gasteiger partial charge is 0.316 e. The summed E-state index contributed by atoms with van der Waals surface area (Å²) in [6, 6.07) is 3.93. The van der Waals surface area contributed by atoms with Gasteiger partial charge in [-0.15, -0.1) is 0 Å². The number of aromatic nitrogens is 2. The van der Waals surface area contributed by atoms with Crippen molar-refractivity contribution in [2.45, 2.75) is 13.5 Å². The van der Waals surface area contributed by atoms with Gasteiger partial charge in [0.15, 0.2) is 0 Å². The number of nitrogens with one attached hydrogen (secondary N) is 1. The molecule has 1 aromatic carbocycles. The van der Waals surface area contributed by atoms with Crippen molar-refractivity contribution >= 4 is 11.0 Å². The molecule has 4 nitrogen and oxygen atoms in total. The number of hydrogen-bond donors (Lipinski definition) is 1. The van der Waals surface area contributed by atoms with Crippen molar-refractivity contribution in [3.63, 3.8) is 0 Å². The van der Waals surface area contributed by atoms with Gasteiger partial charge in [0.25, 0.3) is 0 Å². The van der Waals surface area contributed by atoms with Crippen LogP contribution in [0.4, 0.5) is 4.39 Å². The monoisotopic (exact) mass is 208 g/mol. The number of H-pyrrole nitrogens is 1. The predicted octanol–water partition coefficient (Wildman–Crippen LogP) is 0.849. The maximum Gasteiger partial charge on any atom is 0.316 e. The first-order chi connectivity index (χ1) is 7.13. The van der Waals surface area contributed by atoms with Gasteiger partial charge in [-0.05, 0) is 25.1 Å². The number of benzene rings is 1. The number of hydrogen-bond acceptors (Lipinski definition) is 2. The Kier molecular flexibility index (Phi) is 2.15. The van der Waals surface area contributed by atoms with Crippen LogP contribution >= 0.6 is 0 Å². The molecule has 0 saturated carbocycles. The van der Waals surface area contributed by atoms with Gasteiger partial charge in [0.2, 0.25) is 0 Å². The lowest BCUT2D eigenvalue weighted by Gasteiger charge is -2.06. The van der Waals surface area contributed by atoms with Crippen LogP contribution in [0.2, 0.25) is 0 Å². The Labute approximate surface area is 84.0 Å². The number of aryl methyl sites for hydroxylation is 1. The van der Waals surface area contributed by atoms with E-state index in [4.69, 9.17) is 0 Å². The molecule has 0 aliphatic carbocycles. The molecule has 5 heteroatoms. The highest BCUT2D eigenvalue weighted by atomic mass is 19.1. The fraction of sp³-hybridized carbons (Fsp3) is 0.200. The molecule has 78 valence electrons. The van der Waals surface area contributed by atoms with Crippen molar-refractivity contribution < 1.29 is 4.39 Å². The van der Waals surface area contributed by atoms with E-state index in [1.54, 1.807) is 6.92 Å². The molecule has 1 heterocycles. The van der Waals surface area contributed by atoms with Crippen molar-refractivity contribution in [1.82, 2.24) is 9.55 Å². The maximum absolute atomic E-state index is 12.9. The molecule has 0 spiro atoms. The van der Waals surface area contributed by atoms with Gasteiger partial charge in [0, 0.05) is 6.54 Å². The maximum atomic E-state index is 12.9. The molecule has 0 amide bonds. The molecule has 0 bridgehead atoms. The van der Waals surface area contributed by atoms with Crippen molar-refractivity contribution in [1.29, 1.82) is 0 Å². The highest BCUT2D eigenvalue weighted by Crippen LogP contribution is 2.09. The standard InChI is InChI=1S/C10H9FN2O2/c1-2-13-8-4-3-6(11)5-7(8)12-9(14)10(13)15/h3-5H,2H2,1H3,(H,12,14). The first-order valence-electron chi connectivity index (χ1n) is 4.56. The van der Waals surface area contributed by atoms with Gasteiger partial charge in [0.05, 0.1) is 11.0 Å². The molecular weight excluding hydrogens is 199 g/mol. The summed E-state index contributed by atoms with van der Waals surface area (Å²) < 4.78 is 14.2. The third kappa shape index (κ3) is 1.45. The molecule has 2 aromatic rings. The van der Waals surface area contributed by atoms with Crippen LogP contribution in [-0.4, -0.2) is 9.55 Å². The molecule has 0 aliphatic heterocycles. The van der Waals surface area contributed by atoms with Crippen LogP contribution in [-0.2, 0) is 6.54 Å². The third-order valence-corrected chi connectivity index (χ3v) is 2.25. The zero-order chi connectivity index (χ0) is 11.0. The average molecular weight is 208 g/mol. The number of nitrogens with zero attached hydrogens (tertiary/aromatic N) is 1. The van der Waals surface area contributed by atoms with Crippen LogP contribution in [0.5, 0.6) is 0 Å². The Morgan fingerprint density at radius 3 is 2.80 bits per heavy atom. The zero-order valence-electron chi connectivity index (χ0n) is 8.08. The van der Waals surface area contributed by atoms with Crippen LogP contribution in [0.25, 0.3) is 11.0 Å². The van der Waals surface area contributed by atoms with Crippen LogP contribution in [0.1, 0.15) is 6.92 Å². The fourth-order valence-electron chi connectivity index (χ4n) is 1.57. The summed E-state index contributed by atoms with van der Waals surface area (Å²) in [6.45, 7) is 2.13. The number of rotatable bonds is 1. The van der Waals surface area contributed by atoms with E-state index >= 15 is 0 Å². The summed E-state index contributed by atoms with van der Waals surface area (Å²) in [5.41, 5.74) is -0.475. The zero-order valence-corrected chi connectivity index (χ0v) is 8.08. The molecule has 0 radical (unpaired) electrons. The Hall–Kier alpha value is -1.91. The average Bonchev–Trinajstić information content (AvgIpc) is 2.20. The Balaban J connectivity index is 3.01. The van der Waals surface area contributed by atoms with Crippen LogP contribution in [0.3, 0.4) is 0 Å². The minimum atomic E-state index is -0.727. The Morgan fingerprint density at radius 2 is 2.13 bits per heavy atom. The van der Waals surface area contributed by atoms with Gasteiger partial charge < -0.3 is 9.55 Å². The van der Waals surface area contributed by atoms with E-state index in [1.807, 2.05) is 0 Å². The highest BCUT2D eigenvalue weighted by molar-refractivity contribution is 5.74. The third-order valence-electron chi connectivity index (χ3n) is 2.25. The van der Waals surface area contributed by atoms with Crippen LogP contribution < -0.4 is 11.1 Å². The highest BCUT2D eigenvalue weighted by Gasteiger charge is 2.06. The number of halogens is 1. The quantitative estimate of drug-likeness (QED) is 0.706. The van der Waals surface area contributed by atoms with Crippen molar-refractivity contribution in [2.24, 2.45) is 0 Å². The van der Waals surface area contributed by atoms with E-state index < -0.39 is 16.9 Å². The molecule has 2 rings (SSSR count). The van der Waals surface area contributed by atoms with E-state index in [-0.39, 0.29) is 0 Å². The summed E-state index contributed by atoms with van der Waals surface area (Å²) in [6.07, 6.45) is 0. The second-order valence-electron chi connectivity index (χ2n) is 3.17. The molecule has 15 heavy (non-hydrogen) atoms. The van der Waals surface area contributed by atoms with Gasteiger partial charge >= 0.3 is 11.1 Å². The second-order valence-corrected chi connectivity index (χ2v) is 3.17. The SMILES string of the molecule is CCn1c(=O)c(=O)[nH]c2cc(F)ccc21. The molecule has 0 aliphatic rings. The van der Waals surface area contributed by atoms with Gasteiger partial charge in [-0.3, -0.25) is 9.59 Å². The number of aromatic amines is 1. The van der Waals surface area contributed by atoms with Crippen LogP contribution in [0, 0.1) is 5.82 Å². The van der Waals surface area contributed by atoms with Gasteiger partial charge in [-0.2, -0.15) is 0 Å². The summed E-state index contributed by atoms with van der Waals surface area (Å²) in [7, 11) is 0. The molecule has 1 aromatic heterocycles. The van der Waals surface area contributed by atoms with E-state index in [0.717, 1.165) is 0 Å². The minimum absolute atomic E-state index is 0.335. The lowest BCUT2D eigenvalue weighted by Crippen LogP contribution is -2.35. The summed E-state index contributed by atoms with van der Waals surface area (Å²) in [5, 5.41) is 0. The second kappa shape index (κ2) is 3.34. The van der Waals surface area contributed by atoms with Gasteiger partial charge in [0.1, 0.15) is 5.82 Å². The fourth-order valence-corrected chi connectivity index (χ4v) is 1.57. The summed E-state index contributed by atoms with van der Waals surface area (Å²) >= 11 is 0. The lowest BCUT2D eigenvalue weighted by molar-refractivity contribution is 0.628. The molecular formula is C10H9FN2O2.